The summed E-state index contributed by atoms with van der Waals surface area (Å²) in [7, 11) is 1.87. The number of benzene rings is 1. The summed E-state index contributed by atoms with van der Waals surface area (Å²) >= 11 is 0. The standard InChI is InChI=1S/C11H17FN2/c1-4-14(3)11-6-5-9(8(2)13)7-10(11)12/h5-8H,4,13H2,1-3H3/t8-/m1/s1. The molecule has 0 heterocycles. The first-order valence-corrected chi connectivity index (χ1v) is 4.82. The van der Waals surface area contributed by atoms with Crippen LogP contribution < -0.4 is 10.6 Å². The van der Waals surface area contributed by atoms with Gasteiger partial charge in [0.15, 0.2) is 0 Å². The van der Waals surface area contributed by atoms with Crippen LogP contribution in [0.2, 0.25) is 0 Å². The van der Waals surface area contributed by atoms with Crippen LogP contribution in [0.5, 0.6) is 0 Å². The van der Waals surface area contributed by atoms with Gasteiger partial charge in [-0.3, -0.25) is 0 Å². The van der Waals surface area contributed by atoms with Crippen LogP contribution in [0.4, 0.5) is 10.1 Å². The minimum Gasteiger partial charge on any atom is -0.373 e. The molecule has 78 valence electrons. The van der Waals surface area contributed by atoms with E-state index in [0.717, 1.165) is 12.1 Å². The Hall–Kier alpha value is -1.09. The lowest BCUT2D eigenvalue weighted by atomic mass is 10.1. The number of rotatable bonds is 3. The maximum atomic E-state index is 13.6. The average molecular weight is 196 g/mol. The van der Waals surface area contributed by atoms with E-state index < -0.39 is 0 Å². The Morgan fingerprint density at radius 1 is 1.50 bits per heavy atom. The molecule has 0 aliphatic carbocycles. The van der Waals surface area contributed by atoms with Gasteiger partial charge in [-0.15, -0.1) is 0 Å². The van der Waals surface area contributed by atoms with Crippen molar-refractivity contribution in [1.29, 1.82) is 0 Å². The van der Waals surface area contributed by atoms with Crippen molar-refractivity contribution in [1.82, 2.24) is 0 Å². The summed E-state index contributed by atoms with van der Waals surface area (Å²) in [6, 6.07) is 5.03. The molecular formula is C11H17FN2. The monoisotopic (exact) mass is 196 g/mol. The average Bonchev–Trinajstić information content (AvgIpc) is 2.16. The molecule has 0 radical (unpaired) electrons. The summed E-state index contributed by atoms with van der Waals surface area (Å²) in [6.45, 7) is 4.62. The second-order valence-electron chi connectivity index (χ2n) is 3.51. The summed E-state index contributed by atoms with van der Waals surface area (Å²) in [6.07, 6.45) is 0. The second kappa shape index (κ2) is 4.42. The van der Waals surface area contributed by atoms with Crippen molar-refractivity contribution < 1.29 is 4.39 Å². The molecule has 0 amide bonds. The number of halogens is 1. The summed E-state index contributed by atoms with van der Waals surface area (Å²) in [5.74, 6) is -0.204. The van der Waals surface area contributed by atoms with Crippen LogP contribution in [0.25, 0.3) is 0 Å². The minimum atomic E-state index is -0.204. The van der Waals surface area contributed by atoms with Gasteiger partial charge in [0, 0.05) is 19.6 Å². The predicted octanol–water partition coefficient (Wildman–Crippen LogP) is 2.30. The lowest BCUT2D eigenvalue weighted by molar-refractivity contribution is 0.618. The molecule has 0 aromatic heterocycles. The first-order chi connectivity index (χ1) is 6.56. The molecule has 0 spiro atoms. The summed E-state index contributed by atoms with van der Waals surface area (Å²) in [4.78, 5) is 1.86. The Labute approximate surface area is 84.5 Å². The maximum Gasteiger partial charge on any atom is 0.146 e. The number of hydrogen-bond donors (Lipinski definition) is 1. The molecule has 1 atom stereocenters. The fourth-order valence-corrected chi connectivity index (χ4v) is 1.29. The number of nitrogens with two attached hydrogens (primary N) is 1. The van der Waals surface area contributed by atoms with Gasteiger partial charge in [-0.2, -0.15) is 0 Å². The quantitative estimate of drug-likeness (QED) is 0.803. The number of hydrogen-bond acceptors (Lipinski definition) is 2. The van der Waals surface area contributed by atoms with Crippen LogP contribution >= 0.6 is 0 Å². The van der Waals surface area contributed by atoms with E-state index in [1.54, 1.807) is 6.07 Å². The van der Waals surface area contributed by atoms with Crippen molar-refractivity contribution in [3.05, 3.63) is 29.6 Å². The predicted molar refractivity (Wildman–Crippen MR) is 57.9 cm³/mol. The first-order valence-electron chi connectivity index (χ1n) is 4.82. The summed E-state index contributed by atoms with van der Waals surface area (Å²) in [5.41, 5.74) is 7.11. The minimum absolute atomic E-state index is 0.120. The zero-order chi connectivity index (χ0) is 10.7. The van der Waals surface area contributed by atoms with Gasteiger partial charge in [-0.1, -0.05) is 6.07 Å². The molecule has 3 heteroatoms. The van der Waals surface area contributed by atoms with Gasteiger partial charge in [0.05, 0.1) is 5.69 Å². The van der Waals surface area contributed by atoms with Crippen molar-refractivity contribution >= 4 is 5.69 Å². The topological polar surface area (TPSA) is 29.3 Å². The van der Waals surface area contributed by atoms with E-state index in [1.807, 2.05) is 31.9 Å². The zero-order valence-corrected chi connectivity index (χ0v) is 8.92. The van der Waals surface area contributed by atoms with Gasteiger partial charge in [-0.25, -0.2) is 4.39 Å². The van der Waals surface area contributed by atoms with Gasteiger partial charge in [0.25, 0.3) is 0 Å². The Bertz CT molecular complexity index is 310. The first kappa shape index (κ1) is 11.0. The molecule has 1 aromatic rings. The Kier molecular flexibility index (Phi) is 3.47. The lowest BCUT2D eigenvalue weighted by Crippen LogP contribution is -2.17. The molecule has 14 heavy (non-hydrogen) atoms. The van der Waals surface area contributed by atoms with E-state index in [-0.39, 0.29) is 11.9 Å². The Balaban J connectivity index is 3.01. The van der Waals surface area contributed by atoms with E-state index >= 15 is 0 Å². The van der Waals surface area contributed by atoms with Gasteiger partial charge < -0.3 is 10.6 Å². The molecule has 1 aromatic carbocycles. The molecular weight excluding hydrogens is 179 g/mol. The van der Waals surface area contributed by atoms with Crippen LogP contribution in [0.1, 0.15) is 25.5 Å². The molecule has 0 bridgehead atoms. The third kappa shape index (κ3) is 2.23. The van der Waals surface area contributed by atoms with Crippen molar-refractivity contribution in [2.45, 2.75) is 19.9 Å². The van der Waals surface area contributed by atoms with Crippen LogP contribution in [-0.4, -0.2) is 13.6 Å². The van der Waals surface area contributed by atoms with E-state index in [2.05, 4.69) is 0 Å². The number of nitrogens with zero attached hydrogens (tertiary/aromatic N) is 1. The maximum absolute atomic E-state index is 13.6. The Morgan fingerprint density at radius 2 is 2.14 bits per heavy atom. The summed E-state index contributed by atoms with van der Waals surface area (Å²) in [5, 5.41) is 0. The van der Waals surface area contributed by atoms with Gasteiger partial charge in [0.1, 0.15) is 5.82 Å². The van der Waals surface area contributed by atoms with Crippen molar-refractivity contribution in [2.24, 2.45) is 5.73 Å². The third-order valence-corrected chi connectivity index (χ3v) is 2.38. The van der Waals surface area contributed by atoms with E-state index in [9.17, 15) is 4.39 Å². The molecule has 0 saturated heterocycles. The van der Waals surface area contributed by atoms with Crippen LogP contribution in [0.15, 0.2) is 18.2 Å². The normalized spacial score (nSPS) is 12.6. The SMILES string of the molecule is CCN(C)c1ccc([C@@H](C)N)cc1F. The molecule has 0 aliphatic heterocycles. The van der Waals surface area contributed by atoms with Crippen molar-refractivity contribution in [3.8, 4) is 0 Å². The highest BCUT2D eigenvalue weighted by Gasteiger charge is 2.08. The molecule has 0 unspecified atom stereocenters. The van der Waals surface area contributed by atoms with Gasteiger partial charge >= 0.3 is 0 Å². The van der Waals surface area contributed by atoms with E-state index in [0.29, 0.717) is 5.69 Å². The fraction of sp³-hybridized carbons (Fsp3) is 0.455. The van der Waals surface area contributed by atoms with E-state index in [1.165, 1.54) is 6.07 Å². The Morgan fingerprint density at radius 3 is 2.57 bits per heavy atom. The molecule has 0 fully saturated rings. The van der Waals surface area contributed by atoms with E-state index in [4.69, 9.17) is 5.73 Å². The summed E-state index contributed by atoms with van der Waals surface area (Å²) < 4.78 is 13.6. The lowest BCUT2D eigenvalue weighted by Gasteiger charge is -2.18. The van der Waals surface area contributed by atoms with Gasteiger partial charge in [0.2, 0.25) is 0 Å². The molecule has 2 N–H and O–H groups in total. The van der Waals surface area contributed by atoms with Crippen LogP contribution in [0, 0.1) is 5.82 Å². The largest absolute Gasteiger partial charge is 0.373 e. The number of anilines is 1. The molecule has 0 saturated carbocycles. The fourth-order valence-electron chi connectivity index (χ4n) is 1.29. The molecule has 0 aliphatic rings. The molecule has 2 nitrogen and oxygen atoms in total. The van der Waals surface area contributed by atoms with Crippen molar-refractivity contribution in [2.75, 3.05) is 18.5 Å². The highest BCUT2D eigenvalue weighted by atomic mass is 19.1. The van der Waals surface area contributed by atoms with Crippen molar-refractivity contribution in [3.63, 3.8) is 0 Å². The van der Waals surface area contributed by atoms with Gasteiger partial charge in [-0.05, 0) is 31.5 Å². The smallest absolute Gasteiger partial charge is 0.146 e. The highest BCUT2D eigenvalue weighted by Crippen LogP contribution is 2.21. The third-order valence-electron chi connectivity index (χ3n) is 2.38. The zero-order valence-electron chi connectivity index (χ0n) is 8.92. The second-order valence-corrected chi connectivity index (χ2v) is 3.51. The molecule has 1 rings (SSSR count). The van der Waals surface area contributed by atoms with Crippen LogP contribution in [0.3, 0.4) is 0 Å². The van der Waals surface area contributed by atoms with Crippen LogP contribution in [-0.2, 0) is 0 Å². The highest BCUT2D eigenvalue weighted by molar-refractivity contribution is 5.48.